The summed E-state index contributed by atoms with van der Waals surface area (Å²) in [6, 6.07) is 18.9. The quantitative estimate of drug-likeness (QED) is 0.560. The lowest BCUT2D eigenvalue weighted by Gasteiger charge is -2.15. The van der Waals surface area contributed by atoms with Crippen LogP contribution >= 0.6 is 0 Å². The summed E-state index contributed by atoms with van der Waals surface area (Å²) in [6.45, 7) is 1.05. The van der Waals surface area contributed by atoms with Crippen molar-refractivity contribution in [2.75, 3.05) is 18.8 Å². The van der Waals surface area contributed by atoms with E-state index >= 15 is 0 Å². The molecule has 0 spiro atoms. The van der Waals surface area contributed by atoms with Crippen molar-refractivity contribution in [2.24, 2.45) is 0 Å². The molecule has 0 unspecified atom stereocenters. The predicted octanol–water partition coefficient (Wildman–Crippen LogP) is 3.62. The molecule has 0 aliphatic heterocycles. The van der Waals surface area contributed by atoms with E-state index in [-0.39, 0.29) is 16.1 Å². The van der Waals surface area contributed by atoms with Crippen LogP contribution in [0, 0.1) is 5.82 Å². The molecule has 0 aromatic heterocycles. The first-order valence-corrected chi connectivity index (χ1v) is 11.1. The highest BCUT2D eigenvalue weighted by atomic mass is 32.2. The monoisotopic (exact) mass is 441 g/mol. The lowest BCUT2D eigenvalue weighted by atomic mass is 10.1. The predicted molar refractivity (Wildman–Crippen MR) is 119 cm³/mol. The number of nitrogens with zero attached hydrogens (tertiary/aromatic N) is 1. The van der Waals surface area contributed by atoms with E-state index in [9.17, 15) is 17.6 Å². The minimum atomic E-state index is -4.05. The molecule has 0 aliphatic rings. The third-order valence-electron chi connectivity index (χ3n) is 4.57. The van der Waals surface area contributed by atoms with E-state index < -0.39 is 21.7 Å². The van der Waals surface area contributed by atoms with Gasteiger partial charge >= 0.3 is 0 Å². The lowest BCUT2D eigenvalue weighted by Crippen LogP contribution is -2.24. The molecule has 0 bridgehead atoms. The van der Waals surface area contributed by atoms with E-state index in [1.54, 1.807) is 0 Å². The van der Waals surface area contributed by atoms with E-state index in [4.69, 9.17) is 0 Å². The summed E-state index contributed by atoms with van der Waals surface area (Å²) >= 11 is 0. The van der Waals surface area contributed by atoms with Crippen LogP contribution in [0.25, 0.3) is 0 Å². The Bertz CT molecular complexity index is 1180. The van der Waals surface area contributed by atoms with Gasteiger partial charge in [0.25, 0.3) is 15.9 Å². The van der Waals surface area contributed by atoms with E-state index in [1.165, 1.54) is 42.5 Å². The highest BCUT2D eigenvalue weighted by Gasteiger charge is 2.18. The molecule has 0 heterocycles. The zero-order valence-corrected chi connectivity index (χ0v) is 18.1. The molecular formula is C23H24FN3O3S. The van der Waals surface area contributed by atoms with Gasteiger partial charge in [-0.25, -0.2) is 12.8 Å². The molecule has 0 aliphatic carbocycles. The van der Waals surface area contributed by atoms with Crippen LogP contribution in [0.4, 0.5) is 10.1 Å². The molecule has 0 saturated carbocycles. The number of para-hydroxylation sites is 1. The first-order chi connectivity index (χ1) is 14.8. The molecule has 3 aromatic rings. The van der Waals surface area contributed by atoms with Gasteiger partial charge in [0.1, 0.15) is 5.82 Å². The Morgan fingerprint density at radius 2 is 1.61 bits per heavy atom. The standard InChI is InChI=1S/C23H24FN3O3S/c1-27(2)16-19-9-4-3-8-18(19)15-25-23(28)17-10-7-11-20(14-17)31(29,30)26-22-13-6-5-12-21(22)24/h3-14,26H,15-16H2,1-2H3,(H,25,28). The SMILES string of the molecule is CN(C)Cc1ccccc1CNC(=O)c1cccc(S(=O)(=O)Nc2ccccc2F)c1. The van der Waals surface area contributed by atoms with Gasteiger partial charge in [0.2, 0.25) is 0 Å². The molecule has 0 radical (unpaired) electrons. The van der Waals surface area contributed by atoms with Crippen LogP contribution in [-0.4, -0.2) is 33.3 Å². The average Bonchev–Trinajstić information content (AvgIpc) is 2.74. The summed E-state index contributed by atoms with van der Waals surface area (Å²) < 4.78 is 41.3. The van der Waals surface area contributed by atoms with E-state index in [0.717, 1.165) is 23.7 Å². The Balaban J connectivity index is 1.74. The first-order valence-electron chi connectivity index (χ1n) is 9.63. The fraction of sp³-hybridized carbons (Fsp3) is 0.174. The molecule has 0 atom stereocenters. The van der Waals surface area contributed by atoms with Crippen LogP contribution in [0.5, 0.6) is 0 Å². The Hall–Kier alpha value is -3.23. The summed E-state index contributed by atoms with van der Waals surface area (Å²) in [6.07, 6.45) is 0. The Kier molecular flexibility index (Phi) is 7.04. The number of amides is 1. The van der Waals surface area contributed by atoms with Crippen LogP contribution in [0.2, 0.25) is 0 Å². The summed E-state index contributed by atoms with van der Waals surface area (Å²) in [4.78, 5) is 14.6. The van der Waals surface area contributed by atoms with Gasteiger partial charge in [0.15, 0.2) is 0 Å². The normalized spacial score (nSPS) is 11.4. The number of halogens is 1. The number of hydrogen-bond donors (Lipinski definition) is 2. The van der Waals surface area contributed by atoms with Gasteiger partial charge in [0, 0.05) is 18.7 Å². The molecule has 162 valence electrons. The fourth-order valence-electron chi connectivity index (χ4n) is 3.05. The summed E-state index contributed by atoms with van der Waals surface area (Å²) in [5.41, 5.74) is 2.11. The van der Waals surface area contributed by atoms with Gasteiger partial charge in [-0.2, -0.15) is 0 Å². The maximum absolute atomic E-state index is 13.8. The van der Waals surface area contributed by atoms with Gasteiger partial charge in [-0.1, -0.05) is 42.5 Å². The van der Waals surface area contributed by atoms with Crippen molar-refractivity contribution < 1.29 is 17.6 Å². The zero-order valence-electron chi connectivity index (χ0n) is 17.3. The molecule has 0 fully saturated rings. The van der Waals surface area contributed by atoms with Crippen molar-refractivity contribution >= 4 is 21.6 Å². The van der Waals surface area contributed by atoms with Gasteiger partial charge < -0.3 is 10.2 Å². The third-order valence-corrected chi connectivity index (χ3v) is 5.93. The maximum Gasteiger partial charge on any atom is 0.262 e. The number of sulfonamides is 1. The number of hydrogen-bond acceptors (Lipinski definition) is 4. The van der Waals surface area contributed by atoms with Crippen molar-refractivity contribution in [1.29, 1.82) is 0 Å². The third kappa shape index (κ3) is 5.90. The van der Waals surface area contributed by atoms with E-state index in [0.29, 0.717) is 6.54 Å². The minimum absolute atomic E-state index is 0.128. The van der Waals surface area contributed by atoms with Crippen LogP contribution in [-0.2, 0) is 23.1 Å². The highest BCUT2D eigenvalue weighted by Crippen LogP contribution is 2.20. The number of rotatable bonds is 8. The Morgan fingerprint density at radius 3 is 2.32 bits per heavy atom. The Labute approximate surface area is 181 Å². The number of nitrogens with one attached hydrogen (secondary N) is 2. The van der Waals surface area contributed by atoms with Crippen LogP contribution in [0.1, 0.15) is 21.5 Å². The highest BCUT2D eigenvalue weighted by molar-refractivity contribution is 7.92. The molecule has 3 rings (SSSR count). The number of carbonyl (C=O) groups is 1. The van der Waals surface area contributed by atoms with Crippen LogP contribution in [0.15, 0.2) is 77.7 Å². The average molecular weight is 442 g/mol. The summed E-state index contributed by atoms with van der Waals surface area (Å²) in [7, 11) is -0.117. The number of carbonyl (C=O) groups excluding carboxylic acids is 1. The molecule has 0 saturated heterocycles. The van der Waals surface area contributed by atoms with Crippen LogP contribution in [0.3, 0.4) is 0 Å². The molecule has 8 heteroatoms. The zero-order chi connectivity index (χ0) is 22.4. The number of anilines is 1. The maximum atomic E-state index is 13.8. The van der Waals surface area contributed by atoms with Gasteiger partial charge in [-0.05, 0) is 55.6 Å². The van der Waals surface area contributed by atoms with E-state index in [1.807, 2.05) is 43.3 Å². The van der Waals surface area contributed by atoms with Gasteiger partial charge in [-0.15, -0.1) is 0 Å². The second kappa shape index (κ2) is 9.72. The fourth-order valence-corrected chi connectivity index (χ4v) is 4.17. The van der Waals surface area contributed by atoms with Crippen molar-refractivity contribution in [1.82, 2.24) is 10.2 Å². The molecule has 1 amide bonds. The topological polar surface area (TPSA) is 78.5 Å². The van der Waals surface area contributed by atoms with Gasteiger partial charge in [-0.3, -0.25) is 9.52 Å². The number of benzene rings is 3. The second-order valence-corrected chi connectivity index (χ2v) is 8.98. The summed E-state index contributed by atoms with van der Waals surface area (Å²) in [5, 5.41) is 2.83. The van der Waals surface area contributed by atoms with Crippen LogP contribution < -0.4 is 10.0 Å². The lowest BCUT2D eigenvalue weighted by molar-refractivity contribution is 0.0950. The van der Waals surface area contributed by atoms with Gasteiger partial charge in [0.05, 0.1) is 10.6 Å². The Morgan fingerprint density at radius 1 is 0.935 bits per heavy atom. The van der Waals surface area contributed by atoms with Crippen molar-refractivity contribution in [3.8, 4) is 0 Å². The molecule has 31 heavy (non-hydrogen) atoms. The smallest absolute Gasteiger partial charge is 0.262 e. The molecular weight excluding hydrogens is 417 g/mol. The largest absolute Gasteiger partial charge is 0.348 e. The summed E-state index contributed by atoms with van der Waals surface area (Å²) in [5.74, 6) is -1.08. The second-order valence-electron chi connectivity index (χ2n) is 7.30. The van der Waals surface area contributed by atoms with Crippen molar-refractivity contribution in [3.05, 3.63) is 95.3 Å². The van der Waals surface area contributed by atoms with E-state index in [2.05, 4.69) is 10.0 Å². The first kappa shape index (κ1) is 22.5. The minimum Gasteiger partial charge on any atom is -0.348 e. The van der Waals surface area contributed by atoms with Crippen molar-refractivity contribution in [3.63, 3.8) is 0 Å². The molecule has 6 nitrogen and oxygen atoms in total. The van der Waals surface area contributed by atoms with Crippen molar-refractivity contribution in [2.45, 2.75) is 18.0 Å². The molecule has 3 aromatic carbocycles. The molecule has 2 N–H and O–H groups in total.